The average Bonchev–Trinajstić information content (AvgIpc) is 3.12. The first kappa shape index (κ1) is 23.5. The van der Waals surface area contributed by atoms with Gasteiger partial charge in [-0.25, -0.2) is 0 Å². The molecule has 34 heavy (non-hydrogen) atoms. The highest BCUT2D eigenvalue weighted by molar-refractivity contribution is 8.18. The number of nitro groups is 1. The molecule has 0 saturated carbocycles. The van der Waals surface area contributed by atoms with Crippen LogP contribution in [0.15, 0.2) is 53.4 Å². The number of amides is 3. The summed E-state index contributed by atoms with van der Waals surface area (Å²) in [4.78, 5) is 51.7. The molecule has 0 bridgehead atoms. The minimum absolute atomic E-state index is 0.00348. The largest absolute Gasteiger partial charge is 0.378 e. The quantitative estimate of drug-likeness (QED) is 0.363. The fraction of sp³-hybridized carbons (Fsp3) is 0.261. The molecule has 0 aliphatic carbocycles. The minimum atomic E-state index is -0.525. The van der Waals surface area contributed by atoms with Crippen molar-refractivity contribution in [1.29, 1.82) is 0 Å². The van der Waals surface area contributed by atoms with Crippen molar-refractivity contribution in [2.45, 2.75) is 0 Å². The maximum atomic E-state index is 12.6. The van der Waals surface area contributed by atoms with Crippen molar-refractivity contribution in [3.05, 3.63) is 74.7 Å². The highest BCUT2D eigenvalue weighted by atomic mass is 32.2. The Kier molecular flexibility index (Phi) is 7.24. The maximum absolute atomic E-state index is 12.6. The molecule has 10 nitrogen and oxygen atoms in total. The molecule has 2 saturated heterocycles. The summed E-state index contributed by atoms with van der Waals surface area (Å²) >= 11 is 0.849. The van der Waals surface area contributed by atoms with Crippen molar-refractivity contribution in [3.63, 3.8) is 0 Å². The van der Waals surface area contributed by atoms with Gasteiger partial charge in [0.25, 0.3) is 22.7 Å². The Balaban J connectivity index is 1.38. The molecule has 2 aliphatic rings. The van der Waals surface area contributed by atoms with Gasteiger partial charge in [-0.1, -0.05) is 30.3 Å². The highest BCUT2D eigenvalue weighted by Crippen LogP contribution is 2.32. The van der Waals surface area contributed by atoms with E-state index in [0.717, 1.165) is 22.2 Å². The molecule has 2 aromatic carbocycles. The van der Waals surface area contributed by atoms with Crippen molar-refractivity contribution >= 4 is 46.3 Å². The first-order valence-corrected chi connectivity index (χ1v) is 11.5. The van der Waals surface area contributed by atoms with Crippen LogP contribution in [0, 0.1) is 10.1 Å². The smallest absolute Gasteiger partial charge is 0.293 e. The molecule has 0 atom stereocenters. The number of carbonyl (C=O) groups excluding carboxylic acids is 3. The lowest BCUT2D eigenvalue weighted by molar-refractivity contribution is -0.384. The molecule has 11 heteroatoms. The Bertz CT molecular complexity index is 1150. The van der Waals surface area contributed by atoms with E-state index in [1.54, 1.807) is 12.1 Å². The first-order valence-electron chi connectivity index (χ1n) is 10.6. The molecular weight excluding hydrogens is 460 g/mol. The molecule has 0 radical (unpaired) electrons. The summed E-state index contributed by atoms with van der Waals surface area (Å²) in [5.74, 6) is -0.943. The van der Waals surface area contributed by atoms with Crippen LogP contribution >= 0.6 is 11.8 Å². The molecule has 3 amide bonds. The van der Waals surface area contributed by atoms with E-state index in [9.17, 15) is 24.5 Å². The third-order valence-corrected chi connectivity index (χ3v) is 6.29. The van der Waals surface area contributed by atoms with Gasteiger partial charge in [-0.2, -0.15) is 0 Å². The van der Waals surface area contributed by atoms with Crippen LogP contribution in [0.3, 0.4) is 0 Å². The van der Waals surface area contributed by atoms with E-state index in [2.05, 4.69) is 5.32 Å². The number of nitrogens with one attached hydrogen (secondary N) is 1. The number of benzene rings is 2. The summed E-state index contributed by atoms with van der Waals surface area (Å²) < 4.78 is 5.29. The van der Waals surface area contributed by atoms with Crippen molar-refractivity contribution in [2.24, 2.45) is 0 Å². The van der Waals surface area contributed by atoms with E-state index < -0.39 is 22.0 Å². The number of hydrogen-bond donors (Lipinski definition) is 1. The topological polar surface area (TPSA) is 122 Å². The van der Waals surface area contributed by atoms with Gasteiger partial charge in [0.15, 0.2) is 0 Å². The van der Waals surface area contributed by atoms with Gasteiger partial charge >= 0.3 is 0 Å². The van der Waals surface area contributed by atoms with Crippen LogP contribution in [0.4, 0.5) is 16.2 Å². The average molecular weight is 483 g/mol. The zero-order chi connectivity index (χ0) is 24.1. The van der Waals surface area contributed by atoms with E-state index in [1.807, 2.05) is 35.2 Å². The molecule has 176 valence electrons. The number of hydrogen-bond acceptors (Lipinski definition) is 8. The van der Waals surface area contributed by atoms with Gasteiger partial charge in [-0.05, 0) is 35.5 Å². The zero-order valence-electron chi connectivity index (χ0n) is 18.1. The fourth-order valence-corrected chi connectivity index (χ4v) is 4.52. The maximum Gasteiger partial charge on any atom is 0.293 e. The SMILES string of the molecule is O=C(NCCN1C(=O)SC(=Cc2ccccc2)C1=O)c1ccc(N2CCOCC2)c([N+](=O)[O-])c1. The molecule has 0 unspecified atom stereocenters. The second-order valence-corrected chi connectivity index (χ2v) is 8.55. The second-order valence-electron chi connectivity index (χ2n) is 7.56. The number of morpholine rings is 1. The molecule has 0 spiro atoms. The highest BCUT2D eigenvalue weighted by Gasteiger charge is 2.34. The van der Waals surface area contributed by atoms with Crippen LogP contribution in [0.2, 0.25) is 0 Å². The molecule has 2 aromatic rings. The number of carbonyl (C=O) groups is 3. The third kappa shape index (κ3) is 5.26. The lowest BCUT2D eigenvalue weighted by atomic mass is 10.1. The standard InChI is InChI=1S/C23H22N4O6S/c28-21(17-6-7-18(19(15-17)27(31)32)25-10-12-33-13-11-25)24-8-9-26-22(29)20(34-23(26)30)14-16-4-2-1-3-5-16/h1-7,14-15H,8-13H2,(H,24,28). The lowest BCUT2D eigenvalue weighted by Gasteiger charge is -2.28. The third-order valence-electron chi connectivity index (χ3n) is 5.38. The van der Waals surface area contributed by atoms with Gasteiger partial charge in [0.05, 0.1) is 23.0 Å². The molecule has 2 heterocycles. The van der Waals surface area contributed by atoms with E-state index in [4.69, 9.17) is 4.74 Å². The van der Waals surface area contributed by atoms with Gasteiger partial charge in [0, 0.05) is 37.8 Å². The van der Waals surface area contributed by atoms with E-state index in [0.29, 0.717) is 36.9 Å². The summed E-state index contributed by atoms with van der Waals surface area (Å²) in [5.41, 5.74) is 1.21. The molecule has 1 N–H and O–H groups in total. The monoisotopic (exact) mass is 482 g/mol. The molecule has 0 aromatic heterocycles. The van der Waals surface area contributed by atoms with Crippen LogP contribution in [0.25, 0.3) is 6.08 Å². The minimum Gasteiger partial charge on any atom is -0.378 e. The number of nitro benzene ring substituents is 1. The fourth-order valence-electron chi connectivity index (χ4n) is 3.66. The second kappa shape index (κ2) is 10.5. The molecule has 2 fully saturated rings. The van der Waals surface area contributed by atoms with Crippen LogP contribution < -0.4 is 10.2 Å². The van der Waals surface area contributed by atoms with Crippen LogP contribution in [0.5, 0.6) is 0 Å². The van der Waals surface area contributed by atoms with Gasteiger partial charge in [-0.3, -0.25) is 29.4 Å². The van der Waals surface area contributed by atoms with Gasteiger partial charge in [-0.15, -0.1) is 0 Å². The number of thioether (sulfide) groups is 1. The van der Waals surface area contributed by atoms with Crippen molar-refractivity contribution in [1.82, 2.24) is 10.2 Å². The summed E-state index contributed by atoms with van der Waals surface area (Å²) in [6.45, 7) is 2.04. The number of nitrogens with zero attached hydrogens (tertiary/aromatic N) is 3. The zero-order valence-corrected chi connectivity index (χ0v) is 19.0. The number of rotatable bonds is 7. The molecular formula is C23H22N4O6S. The lowest BCUT2D eigenvalue weighted by Crippen LogP contribution is -2.37. The summed E-state index contributed by atoms with van der Waals surface area (Å²) in [6.07, 6.45) is 1.65. The first-order chi connectivity index (χ1) is 16.4. The Morgan fingerprint density at radius 1 is 1.15 bits per heavy atom. The van der Waals surface area contributed by atoms with Gasteiger partial charge < -0.3 is 15.0 Å². The Morgan fingerprint density at radius 2 is 1.88 bits per heavy atom. The normalized spacial score (nSPS) is 17.4. The van der Waals surface area contributed by atoms with Crippen molar-refractivity contribution in [3.8, 4) is 0 Å². The Hall–Kier alpha value is -3.70. The Morgan fingerprint density at radius 3 is 2.59 bits per heavy atom. The van der Waals surface area contributed by atoms with Crippen molar-refractivity contribution < 1.29 is 24.0 Å². The molecule has 4 rings (SSSR count). The predicted octanol–water partition coefficient (Wildman–Crippen LogP) is 2.90. The van der Waals surface area contributed by atoms with Gasteiger partial charge in [0.2, 0.25) is 0 Å². The predicted molar refractivity (Wildman–Crippen MR) is 128 cm³/mol. The number of imide groups is 1. The van der Waals surface area contributed by atoms with E-state index in [1.165, 1.54) is 12.1 Å². The van der Waals surface area contributed by atoms with Crippen LogP contribution in [-0.4, -0.2) is 66.3 Å². The summed E-state index contributed by atoms with van der Waals surface area (Å²) in [6, 6.07) is 13.5. The summed E-state index contributed by atoms with van der Waals surface area (Å²) in [7, 11) is 0. The number of ether oxygens (including phenoxy) is 1. The molecule has 2 aliphatic heterocycles. The summed E-state index contributed by atoms with van der Waals surface area (Å²) in [5, 5.41) is 13.8. The van der Waals surface area contributed by atoms with Crippen molar-refractivity contribution in [2.75, 3.05) is 44.3 Å². The van der Waals surface area contributed by atoms with Crippen LogP contribution in [-0.2, 0) is 9.53 Å². The van der Waals surface area contributed by atoms with Gasteiger partial charge in [0.1, 0.15) is 5.69 Å². The van der Waals surface area contributed by atoms with Crippen LogP contribution in [0.1, 0.15) is 15.9 Å². The van der Waals surface area contributed by atoms with E-state index >= 15 is 0 Å². The van der Waals surface area contributed by atoms with E-state index in [-0.39, 0.29) is 24.3 Å². The Labute approximate surface area is 199 Å². The number of anilines is 1.